The highest BCUT2D eigenvalue weighted by molar-refractivity contribution is 5.92. The maximum Gasteiger partial charge on any atom is 0.270 e. The summed E-state index contributed by atoms with van der Waals surface area (Å²) in [5.41, 5.74) is 2.99. The van der Waals surface area contributed by atoms with Gasteiger partial charge in [-0.3, -0.25) is 9.69 Å². The number of hydrogen-bond donors (Lipinski definition) is 4. The third-order valence-electron chi connectivity index (χ3n) is 5.49. The number of amides is 1. The number of hydrogen-bond acceptors (Lipinski definition) is 7. The van der Waals surface area contributed by atoms with Crippen LogP contribution in [0.4, 0.5) is 5.82 Å². The lowest BCUT2D eigenvalue weighted by molar-refractivity contribution is 0.0838. The van der Waals surface area contributed by atoms with Crippen molar-refractivity contribution < 1.29 is 9.90 Å². The van der Waals surface area contributed by atoms with Crippen molar-refractivity contribution in [2.75, 3.05) is 38.0 Å². The monoisotopic (exact) mass is 396 g/mol. The third-order valence-corrected chi connectivity index (χ3v) is 5.49. The van der Waals surface area contributed by atoms with Crippen molar-refractivity contribution >= 4 is 11.7 Å². The Balaban J connectivity index is 1.25. The van der Waals surface area contributed by atoms with Crippen LogP contribution in [-0.4, -0.2) is 70.8 Å². The van der Waals surface area contributed by atoms with E-state index in [1.165, 1.54) is 17.5 Å². The van der Waals surface area contributed by atoms with Gasteiger partial charge in [0.25, 0.3) is 5.91 Å². The molecule has 2 aromatic rings. The van der Waals surface area contributed by atoms with Gasteiger partial charge in [0.2, 0.25) is 0 Å². The molecule has 8 nitrogen and oxygen atoms in total. The Kier molecular flexibility index (Phi) is 6.33. The molecule has 3 heterocycles. The molecule has 2 aliphatic rings. The Labute approximate surface area is 170 Å². The molecule has 1 saturated heterocycles. The zero-order valence-corrected chi connectivity index (χ0v) is 16.5. The van der Waals surface area contributed by atoms with E-state index in [4.69, 9.17) is 0 Å². The maximum atomic E-state index is 12.4. The van der Waals surface area contributed by atoms with Gasteiger partial charge in [-0.05, 0) is 30.5 Å². The van der Waals surface area contributed by atoms with E-state index in [2.05, 4.69) is 49.0 Å². The minimum absolute atomic E-state index is 0.191. The summed E-state index contributed by atoms with van der Waals surface area (Å²) in [7, 11) is 0. The van der Waals surface area contributed by atoms with E-state index < -0.39 is 6.10 Å². The van der Waals surface area contributed by atoms with Gasteiger partial charge in [-0.25, -0.2) is 9.97 Å². The summed E-state index contributed by atoms with van der Waals surface area (Å²) in [6.45, 7) is 4.34. The fourth-order valence-corrected chi connectivity index (χ4v) is 3.92. The van der Waals surface area contributed by atoms with Gasteiger partial charge >= 0.3 is 0 Å². The molecule has 4 rings (SSSR count). The number of nitrogens with one attached hydrogen (secondary N) is 3. The third kappa shape index (κ3) is 5.29. The maximum absolute atomic E-state index is 12.4. The second kappa shape index (κ2) is 9.30. The van der Waals surface area contributed by atoms with Crippen LogP contribution in [0.15, 0.2) is 36.7 Å². The molecule has 0 bridgehead atoms. The fraction of sp³-hybridized carbons (Fsp3) is 0.476. The molecular formula is C21H28N6O2. The first kappa shape index (κ1) is 19.8. The first-order valence-corrected chi connectivity index (χ1v) is 10.2. The predicted molar refractivity (Wildman–Crippen MR) is 111 cm³/mol. The lowest BCUT2D eigenvalue weighted by atomic mass is 10.00. The van der Waals surface area contributed by atoms with Crippen molar-refractivity contribution in [3.8, 4) is 0 Å². The number of rotatable bonds is 7. The number of β-amino-alcohol motifs (C(OH)–C–C–N with tert-alkyl or cyclic N) is 1. The highest BCUT2D eigenvalue weighted by Gasteiger charge is 2.20. The van der Waals surface area contributed by atoms with E-state index in [1.54, 1.807) is 6.07 Å². The summed E-state index contributed by atoms with van der Waals surface area (Å²) in [5, 5.41) is 19.8. The Morgan fingerprint density at radius 2 is 2.17 bits per heavy atom. The summed E-state index contributed by atoms with van der Waals surface area (Å²) in [4.78, 5) is 22.9. The van der Waals surface area contributed by atoms with Crippen molar-refractivity contribution in [3.63, 3.8) is 0 Å². The lowest BCUT2D eigenvalue weighted by Crippen LogP contribution is -2.42. The van der Waals surface area contributed by atoms with E-state index in [1.807, 2.05) is 6.07 Å². The molecule has 2 unspecified atom stereocenters. The van der Waals surface area contributed by atoms with Gasteiger partial charge in [0.1, 0.15) is 17.8 Å². The molecule has 0 spiro atoms. The average Bonchev–Trinajstić information content (AvgIpc) is 3.25. The van der Waals surface area contributed by atoms with Crippen molar-refractivity contribution in [2.45, 2.75) is 31.5 Å². The first-order valence-electron chi connectivity index (χ1n) is 10.2. The van der Waals surface area contributed by atoms with Crippen molar-refractivity contribution in [1.29, 1.82) is 0 Å². The number of fused-ring (bicyclic) bond motifs is 1. The number of benzene rings is 1. The SMILES string of the molecule is O=C(NCC(O)CN1CCc2ccccc2C1)c1cc(NC2CCNC2)ncn1. The minimum atomic E-state index is -0.631. The van der Waals surface area contributed by atoms with E-state index in [-0.39, 0.29) is 12.5 Å². The van der Waals surface area contributed by atoms with Crippen LogP contribution >= 0.6 is 0 Å². The topological polar surface area (TPSA) is 102 Å². The number of anilines is 1. The summed E-state index contributed by atoms with van der Waals surface area (Å²) >= 11 is 0. The van der Waals surface area contributed by atoms with Crippen molar-refractivity contribution in [3.05, 3.63) is 53.5 Å². The minimum Gasteiger partial charge on any atom is -0.390 e. The van der Waals surface area contributed by atoms with Crippen LogP contribution in [0.2, 0.25) is 0 Å². The molecule has 2 aliphatic heterocycles. The van der Waals surface area contributed by atoms with Gasteiger partial charge in [0.05, 0.1) is 6.10 Å². The number of nitrogens with zero attached hydrogens (tertiary/aromatic N) is 3. The van der Waals surface area contributed by atoms with E-state index in [0.717, 1.165) is 39.0 Å². The molecule has 2 atom stereocenters. The summed E-state index contributed by atoms with van der Waals surface area (Å²) in [5.74, 6) is 0.342. The molecule has 1 aromatic carbocycles. The van der Waals surface area contributed by atoms with Gasteiger partial charge in [0, 0.05) is 44.8 Å². The molecule has 1 fully saturated rings. The summed E-state index contributed by atoms with van der Waals surface area (Å²) in [6, 6.07) is 10.4. The van der Waals surface area contributed by atoms with Crippen LogP contribution in [0.25, 0.3) is 0 Å². The van der Waals surface area contributed by atoms with Crippen LogP contribution in [0, 0.1) is 0 Å². The molecule has 154 valence electrons. The number of carbonyl (C=O) groups excluding carboxylic acids is 1. The van der Waals surface area contributed by atoms with Crippen LogP contribution in [0.5, 0.6) is 0 Å². The molecule has 8 heteroatoms. The quantitative estimate of drug-likeness (QED) is 0.537. The molecule has 1 aromatic heterocycles. The smallest absolute Gasteiger partial charge is 0.270 e. The Hall–Kier alpha value is -2.55. The van der Waals surface area contributed by atoms with Gasteiger partial charge in [-0.1, -0.05) is 24.3 Å². The van der Waals surface area contributed by atoms with E-state index in [0.29, 0.717) is 24.1 Å². The highest BCUT2D eigenvalue weighted by Crippen LogP contribution is 2.18. The normalized spacial score (nSPS) is 20.1. The van der Waals surface area contributed by atoms with Crippen molar-refractivity contribution in [2.24, 2.45) is 0 Å². The number of aliphatic hydroxyl groups excluding tert-OH is 1. The van der Waals surface area contributed by atoms with Gasteiger partial charge in [-0.2, -0.15) is 0 Å². The lowest BCUT2D eigenvalue weighted by Gasteiger charge is -2.30. The van der Waals surface area contributed by atoms with Gasteiger partial charge in [0.15, 0.2) is 0 Å². The van der Waals surface area contributed by atoms with E-state index >= 15 is 0 Å². The van der Waals surface area contributed by atoms with Crippen molar-refractivity contribution in [1.82, 2.24) is 25.5 Å². The van der Waals surface area contributed by atoms with E-state index in [9.17, 15) is 9.90 Å². The number of aromatic nitrogens is 2. The van der Waals surface area contributed by atoms with Crippen LogP contribution in [-0.2, 0) is 13.0 Å². The fourth-order valence-electron chi connectivity index (χ4n) is 3.92. The molecular weight excluding hydrogens is 368 g/mol. The average molecular weight is 396 g/mol. The molecule has 0 aliphatic carbocycles. The number of aliphatic hydroxyl groups is 1. The second-order valence-electron chi connectivity index (χ2n) is 7.74. The van der Waals surface area contributed by atoms with Crippen LogP contribution < -0.4 is 16.0 Å². The Bertz CT molecular complexity index is 839. The standard InChI is InChI=1S/C21H28N6O2/c28-18(13-27-8-6-15-3-1-2-4-16(15)12-27)11-23-21(29)19-9-20(25-14-24-19)26-17-5-7-22-10-17/h1-4,9,14,17-18,22,28H,5-8,10-13H2,(H,23,29)(H,24,25,26). The van der Waals surface area contributed by atoms with Gasteiger partial charge < -0.3 is 21.1 Å². The van der Waals surface area contributed by atoms with Gasteiger partial charge in [-0.15, -0.1) is 0 Å². The second-order valence-corrected chi connectivity index (χ2v) is 7.74. The summed E-state index contributed by atoms with van der Waals surface area (Å²) < 4.78 is 0. The Morgan fingerprint density at radius 3 is 3.00 bits per heavy atom. The van der Waals surface area contributed by atoms with Crippen LogP contribution in [0.1, 0.15) is 28.0 Å². The zero-order valence-electron chi connectivity index (χ0n) is 16.5. The molecule has 0 saturated carbocycles. The molecule has 4 N–H and O–H groups in total. The number of carbonyl (C=O) groups is 1. The molecule has 29 heavy (non-hydrogen) atoms. The molecule has 1 amide bonds. The zero-order chi connectivity index (χ0) is 20.1. The molecule has 0 radical (unpaired) electrons. The van der Waals surface area contributed by atoms with Crippen LogP contribution in [0.3, 0.4) is 0 Å². The Morgan fingerprint density at radius 1 is 1.31 bits per heavy atom. The highest BCUT2D eigenvalue weighted by atomic mass is 16.3. The predicted octanol–water partition coefficient (Wildman–Crippen LogP) is 0.399. The first-order chi connectivity index (χ1) is 14.2. The largest absolute Gasteiger partial charge is 0.390 e. The summed E-state index contributed by atoms with van der Waals surface area (Å²) in [6.07, 6.45) is 2.77.